The molecule has 0 radical (unpaired) electrons. The van der Waals surface area contributed by atoms with Crippen molar-refractivity contribution in [2.75, 3.05) is 12.4 Å². The Morgan fingerprint density at radius 1 is 1.03 bits per heavy atom. The Morgan fingerprint density at radius 2 is 1.82 bits per heavy atom. The molecule has 0 aliphatic carbocycles. The highest BCUT2D eigenvalue weighted by Crippen LogP contribution is 2.24. The first kappa shape index (κ1) is 20.7. The van der Waals surface area contributed by atoms with Crippen LogP contribution in [-0.2, 0) is 16.9 Å². The van der Waals surface area contributed by atoms with Crippen LogP contribution in [0.3, 0.4) is 0 Å². The normalized spacial score (nSPS) is 11.7. The van der Waals surface area contributed by atoms with Gasteiger partial charge < -0.3 is 15.0 Å². The van der Waals surface area contributed by atoms with Crippen molar-refractivity contribution in [2.24, 2.45) is 7.05 Å². The molecule has 0 saturated carbocycles. The number of anilines is 2. The van der Waals surface area contributed by atoms with E-state index in [0.717, 1.165) is 16.6 Å². The molecule has 0 saturated heterocycles. The van der Waals surface area contributed by atoms with Gasteiger partial charge in [0.15, 0.2) is 0 Å². The van der Waals surface area contributed by atoms with Crippen molar-refractivity contribution < 1.29 is 13.2 Å². The van der Waals surface area contributed by atoms with Gasteiger partial charge in [-0.2, -0.15) is 4.98 Å². The molecule has 0 amide bonds. The zero-order chi connectivity index (χ0) is 23.2. The van der Waals surface area contributed by atoms with Crippen LogP contribution in [-0.4, -0.2) is 35.0 Å². The number of aryl methyl sites for hydroxylation is 1. The summed E-state index contributed by atoms with van der Waals surface area (Å²) >= 11 is 0. The Bertz CT molecular complexity index is 1670. The van der Waals surface area contributed by atoms with Gasteiger partial charge in [-0.1, -0.05) is 0 Å². The number of rotatable bonds is 5. The summed E-state index contributed by atoms with van der Waals surface area (Å²) in [6.45, 7) is 0. The Hall–Kier alpha value is -4.18. The van der Waals surface area contributed by atoms with Gasteiger partial charge in [0.1, 0.15) is 16.3 Å². The van der Waals surface area contributed by atoms with E-state index < -0.39 is 15.4 Å². The number of benzene rings is 2. The van der Waals surface area contributed by atoms with E-state index in [4.69, 9.17) is 4.74 Å². The van der Waals surface area contributed by atoms with Crippen LogP contribution in [0.15, 0.2) is 81.6 Å². The number of hydrogen-bond acceptors (Lipinski definition) is 7. The van der Waals surface area contributed by atoms with E-state index >= 15 is 0 Å². The number of fused-ring (bicyclic) bond motifs is 2. The summed E-state index contributed by atoms with van der Waals surface area (Å²) in [6.07, 6.45) is 3.35. The SMILES string of the molecule is COc1ccc(S(=O)(=O)c2cc3cnc(Nc4ccc5[nH]ccc5c4)nc3n(C)c2=O)cc1. The number of nitrogens with zero attached hydrogens (tertiary/aromatic N) is 3. The predicted octanol–water partition coefficient (Wildman–Crippen LogP) is 3.39. The molecule has 0 spiro atoms. The number of hydrogen-bond donors (Lipinski definition) is 2. The van der Waals surface area contributed by atoms with Crippen molar-refractivity contribution in [2.45, 2.75) is 9.79 Å². The smallest absolute Gasteiger partial charge is 0.271 e. The molecule has 33 heavy (non-hydrogen) atoms. The summed E-state index contributed by atoms with van der Waals surface area (Å²) in [5.74, 6) is 0.808. The number of aromatic amines is 1. The standard InChI is InChI=1S/C23H19N5O4S/c1-28-21-15(12-20(22(28)29)33(30,31)18-6-4-17(32-2)5-7-18)13-25-23(27-21)26-16-3-8-19-14(11-16)9-10-24-19/h3-13,24H,1-2H3,(H,25,26,27). The van der Waals surface area contributed by atoms with Crippen LogP contribution in [0.25, 0.3) is 21.9 Å². The van der Waals surface area contributed by atoms with Crippen molar-refractivity contribution in [1.29, 1.82) is 0 Å². The van der Waals surface area contributed by atoms with E-state index in [1.165, 1.54) is 55.3 Å². The van der Waals surface area contributed by atoms with Gasteiger partial charge in [0, 0.05) is 41.4 Å². The van der Waals surface area contributed by atoms with Crippen molar-refractivity contribution in [3.63, 3.8) is 0 Å². The van der Waals surface area contributed by atoms with E-state index in [9.17, 15) is 13.2 Å². The molecule has 3 aromatic heterocycles. The fourth-order valence-electron chi connectivity index (χ4n) is 3.61. The third-order valence-corrected chi connectivity index (χ3v) is 7.15. The van der Waals surface area contributed by atoms with Crippen LogP contribution in [0, 0.1) is 0 Å². The number of ether oxygens (including phenoxy) is 1. The number of methoxy groups -OCH3 is 1. The lowest BCUT2D eigenvalue weighted by Gasteiger charge is -2.11. The number of aromatic nitrogens is 4. The molecule has 3 heterocycles. The molecule has 10 heteroatoms. The second-order valence-corrected chi connectivity index (χ2v) is 9.35. The molecule has 0 aliphatic rings. The first-order valence-electron chi connectivity index (χ1n) is 9.97. The van der Waals surface area contributed by atoms with Crippen LogP contribution >= 0.6 is 0 Å². The third-order valence-electron chi connectivity index (χ3n) is 5.38. The fourth-order valence-corrected chi connectivity index (χ4v) is 5.01. The molecule has 0 fully saturated rings. The quantitative estimate of drug-likeness (QED) is 0.412. The molecule has 0 atom stereocenters. The van der Waals surface area contributed by atoms with Gasteiger partial charge in [0.25, 0.3) is 5.56 Å². The van der Waals surface area contributed by atoms with Crippen molar-refractivity contribution in [3.05, 3.63) is 77.3 Å². The van der Waals surface area contributed by atoms with Gasteiger partial charge in [0.2, 0.25) is 15.8 Å². The average molecular weight is 462 g/mol. The summed E-state index contributed by atoms with van der Waals surface area (Å²) in [6, 6.07) is 14.9. The lowest BCUT2D eigenvalue weighted by atomic mass is 10.2. The molecule has 9 nitrogen and oxygen atoms in total. The highest BCUT2D eigenvalue weighted by molar-refractivity contribution is 7.91. The first-order chi connectivity index (χ1) is 15.9. The molecule has 0 bridgehead atoms. The maximum absolute atomic E-state index is 13.1. The maximum atomic E-state index is 13.1. The van der Waals surface area contributed by atoms with Gasteiger partial charge >= 0.3 is 0 Å². The third kappa shape index (κ3) is 3.60. The minimum absolute atomic E-state index is 0.000829. The van der Waals surface area contributed by atoms with Crippen LogP contribution < -0.4 is 15.6 Å². The molecule has 5 rings (SSSR count). The number of pyridine rings is 1. The first-order valence-corrected chi connectivity index (χ1v) is 11.5. The van der Waals surface area contributed by atoms with E-state index in [1.54, 1.807) is 0 Å². The highest BCUT2D eigenvalue weighted by Gasteiger charge is 2.24. The van der Waals surface area contributed by atoms with Crippen LogP contribution in [0.4, 0.5) is 11.6 Å². The minimum Gasteiger partial charge on any atom is -0.497 e. The van der Waals surface area contributed by atoms with Gasteiger partial charge in [0.05, 0.1) is 12.0 Å². The monoisotopic (exact) mass is 461 g/mol. The fraction of sp³-hybridized carbons (Fsp3) is 0.0870. The van der Waals surface area contributed by atoms with E-state index in [1.807, 2.05) is 30.5 Å². The molecular formula is C23H19N5O4S. The van der Waals surface area contributed by atoms with Crippen molar-refractivity contribution >= 4 is 43.4 Å². The molecule has 0 aliphatic heterocycles. The highest BCUT2D eigenvalue weighted by atomic mass is 32.2. The van der Waals surface area contributed by atoms with Crippen molar-refractivity contribution in [3.8, 4) is 5.75 Å². The predicted molar refractivity (Wildman–Crippen MR) is 125 cm³/mol. The zero-order valence-corrected chi connectivity index (χ0v) is 18.6. The molecule has 2 N–H and O–H groups in total. The molecular weight excluding hydrogens is 442 g/mol. The van der Waals surface area contributed by atoms with Crippen LogP contribution in [0.5, 0.6) is 5.75 Å². The summed E-state index contributed by atoms with van der Waals surface area (Å²) in [4.78, 5) is 24.5. The van der Waals surface area contributed by atoms with Gasteiger partial charge in [-0.25, -0.2) is 13.4 Å². The van der Waals surface area contributed by atoms with Crippen LogP contribution in [0.1, 0.15) is 0 Å². The Kier molecular flexibility index (Phi) is 4.86. The van der Waals surface area contributed by atoms with E-state index in [2.05, 4.69) is 20.3 Å². The van der Waals surface area contributed by atoms with Gasteiger partial charge in [-0.15, -0.1) is 0 Å². The lowest BCUT2D eigenvalue weighted by Crippen LogP contribution is -2.25. The second kappa shape index (κ2) is 7.75. The summed E-state index contributed by atoms with van der Waals surface area (Å²) in [5.41, 5.74) is 1.43. The van der Waals surface area contributed by atoms with Gasteiger partial charge in [-0.05, 0) is 54.6 Å². The number of H-pyrrole nitrogens is 1. The number of sulfone groups is 1. The Morgan fingerprint density at radius 3 is 2.58 bits per heavy atom. The van der Waals surface area contributed by atoms with E-state index in [-0.39, 0.29) is 15.7 Å². The molecule has 166 valence electrons. The van der Waals surface area contributed by atoms with E-state index in [0.29, 0.717) is 16.8 Å². The Balaban J connectivity index is 1.55. The molecule has 2 aromatic carbocycles. The Labute approximate surface area is 188 Å². The summed E-state index contributed by atoms with van der Waals surface area (Å²) in [5, 5.41) is 4.58. The number of nitrogens with one attached hydrogen (secondary N) is 2. The zero-order valence-electron chi connectivity index (χ0n) is 17.7. The molecule has 5 aromatic rings. The summed E-state index contributed by atoms with van der Waals surface area (Å²) in [7, 11) is -1.07. The minimum atomic E-state index is -4.05. The maximum Gasteiger partial charge on any atom is 0.271 e. The lowest BCUT2D eigenvalue weighted by molar-refractivity contribution is 0.414. The topological polar surface area (TPSA) is 119 Å². The largest absolute Gasteiger partial charge is 0.497 e. The summed E-state index contributed by atoms with van der Waals surface area (Å²) < 4.78 is 32.6. The second-order valence-electron chi connectivity index (χ2n) is 7.43. The van der Waals surface area contributed by atoms with Gasteiger partial charge in [-0.3, -0.25) is 9.36 Å². The van der Waals surface area contributed by atoms with Crippen LogP contribution in [0.2, 0.25) is 0 Å². The molecule has 0 unspecified atom stereocenters. The van der Waals surface area contributed by atoms with Crippen molar-refractivity contribution in [1.82, 2.24) is 19.5 Å². The average Bonchev–Trinajstić information content (AvgIpc) is 3.29.